The van der Waals surface area contributed by atoms with Gasteiger partial charge in [-0.1, -0.05) is 25.0 Å². The quantitative estimate of drug-likeness (QED) is 0.850. The molecule has 2 amide bonds. The SMILES string of the molecule is CC(=O)N(Cc1ccc(NC(=O)C2CC3CCCCC3N2)cc1)C(C)C. The summed E-state index contributed by atoms with van der Waals surface area (Å²) in [5, 5.41) is 6.56. The van der Waals surface area contributed by atoms with Crippen molar-refractivity contribution in [2.45, 2.75) is 77.5 Å². The molecular formula is C21H31N3O2. The molecule has 5 heteroatoms. The molecule has 2 aliphatic rings. The van der Waals surface area contributed by atoms with Gasteiger partial charge >= 0.3 is 0 Å². The second kappa shape index (κ2) is 8.21. The summed E-state index contributed by atoms with van der Waals surface area (Å²) in [4.78, 5) is 26.1. The van der Waals surface area contributed by atoms with E-state index in [4.69, 9.17) is 0 Å². The van der Waals surface area contributed by atoms with Gasteiger partial charge in [-0.2, -0.15) is 0 Å². The fourth-order valence-corrected chi connectivity index (χ4v) is 4.30. The highest BCUT2D eigenvalue weighted by Crippen LogP contribution is 2.33. The van der Waals surface area contributed by atoms with Gasteiger partial charge in [0.1, 0.15) is 0 Å². The molecule has 1 aliphatic carbocycles. The van der Waals surface area contributed by atoms with E-state index < -0.39 is 0 Å². The number of nitrogens with one attached hydrogen (secondary N) is 2. The fourth-order valence-electron chi connectivity index (χ4n) is 4.30. The number of benzene rings is 1. The van der Waals surface area contributed by atoms with Crippen LogP contribution in [0.25, 0.3) is 0 Å². The zero-order chi connectivity index (χ0) is 18.7. The summed E-state index contributed by atoms with van der Waals surface area (Å²) < 4.78 is 0. The minimum absolute atomic E-state index is 0.0692. The Morgan fingerprint density at radius 1 is 1.19 bits per heavy atom. The predicted octanol–water partition coefficient (Wildman–Crippen LogP) is 3.30. The Hall–Kier alpha value is -1.88. The molecule has 1 aliphatic heterocycles. The van der Waals surface area contributed by atoms with Crippen molar-refractivity contribution < 1.29 is 9.59 Å². The Labute approximate surface area is 156 Å². The number of anilines is 1. The molecule has 3 unspecified atom stereocenters. The summed E-state index contributed by atoms with van der Waals surface area (Å²) >= 11 is 0. The first-order chi connectivity index (χ1) is 12.4. The second-order valence-electron chi connectivity index (χ2n) is 8.03. The van der Waals surface area contributed by atoms with Gasteiger partial charge in [-0.3, -0.25) is 9.59 Å². The van der Waals surface area contributed by atoms with Crippen molar-refractivity contribution in [3.8, 4) is 0 Å². The third-order valence-corrected chi connectivity index (χ3v) is 5.78. The number of rotatable bonds is 5. The number of amides is 2. The molecule has 1 aromatic carbocycles. The highest BCUT2D eigenvalue weighted by molar-refractivity contribution is 5.95. The first-order valence-corrected chi connectivity index (χ1v) is 9.87. The van der Waals surface area contributed by atoms with Crippen LogP contribution in [0, 0.1) is 5.92 Å². The average molecular weight is 357 g/mol. The molecular weight excluding hydrogens is 326 g/mol. The molecule has 0 aromatic heterocycles. The summed E-state index contributed by atoms with van der Waals surface area (Å²) in [6, 6.07) is 8.43. The third kappa shape index (κ3) is 4.44. The van der Waals surface area contributed by atoms with E-state index in [-0.39, 0.29) is 23.9 Å². The maximum atomic E-state index is 12.6. The molecule has 1 aromatic rings. The van der Waals surface area contributed by atoms with E-state index in [9.17, 15) is 9.59 Å². The number of nitrogens with zero attached hydrogens (tertiary/aromatic N) is 1. The number of fused-ring (bicyclic) bond motifs is 1. The monoisotopic (exact) mass is 357 g/mol. The van der Waals surface area contributed by atoms with Gasteiger partial charge < -0.3 is 15.5 Å². The lowest BCUT2D eigenvalue weighted by atomic mass is 9.85. The molecule has 2 N–H and O–H groups in total. The van der Waals surface area contributed by atoms with Gasteiger partial charge in [0.2, 0.25) is 11.8 Å². The highest BCUT2D eigenvalue weighted by Gasteiger charge is 2.38. The van der Waals surface area contributed by atoms with Crippen molar-refractivity contribution in [2.75, 3.05) is 5.32 Å². The van der Waals surface area contributed by atoms with Crippen LogP contribution in [0.5, 0.6) is 0 Å². The minimum atomic E-state index is -0.0723. The van der Waals surface area contributed by atoms with Gasteiger partial charge in [-0.25, -0.2) is 0 Å². The Morgan fingerprint density at radius 3 is 2.50 bits per heavy atom. The van der Waals surface area contributed by atoms with Crippen LogP contribution in [0.3, 0.4) is 0 Å². The highest BCUT2D eigenvalue weighted by atomic mass is 16.2. The summed E-state index contributed by atoms with van der Waals surface area (Å²) in [5.74, 6) is 0.807. The molecule has 5 nitrogen and oxygen atoms in total. The number of carbonyl (C=O) groups is 2. The second-order valence-corrected chi connectivity index (χ2v) is 8.03. The first-order valence-electron chi connectivity index (χ1n) is 9.87. The van der Waals surface area contributed by atoms with Gasteiger partial charge in [0.05, 0.1) is 6.04 Å². The molecule has 0 spiro atoms. The van der Waals surface area contributed by atoms with Gasteiger partial charge in [0, 0.05) is 31.2 Å². The van der Waals surface area contributed by atoms with E-state index in [1.807, 2.05) is 43.0 Å². The average Bonchev–Trinajstić information content (AvgIpc) is 3.04. The van der Waals surface area contributed by atoms with Crippen LogP contribution in [0.2, 0.25) is 0 Å². The first kappa shape index (κ1) is 18.9. The van der Waals surface area contributed by atoms with Gasteiger partial charge in [-0.15, -0.1) is 0 Å². The molecule has 1 saturated carbocycles. The van der Waals surface area contributed by atoms with Crippen LogP contribution in [-0.2, 0) is 16.1 Å². The number of hydrogen-bond donors (Lipinski definition) is 2. The van der Waals surface area contributed by atoms with Gasteiger partial charge in [-0.05, 0) is 56.7 Å². The maximum absolute atomic E-state index is 12.6. The van der Waals surface area contributed by atoms with Crippen LogP contribution in [-0.4, -0.2) is 34.8 Å². The third-order valence-electron chi connectivity index (χ3n) is 5.78. The van der Waals surface area contributed by atoms with Gasteiger partial charge in [0.15, 0.2) is 0 Å². The summed E-state index contributed by atoms with van der Waals surface area (Å²) in [7, 11) is 0. The van der Waals surface area contributed by atoms with Crippen molar-refractivity contribution in [3.63, 3.8) is 0 Å². The summed E-state index contributed by atoms with van der Waals surface area (Å²) in [5.41, 5.74) is 1.88. The van der Waals surface area contributed by atoms with Crippen LogP contribution in [0.15, 0.2) is 24.3 Å². The van der Waals surface area contributed by atoms with Crippen molar-refractivity contribution in [3.05, 3.63) is 29.8 Å². The topological polar surface area (TPSA) is 61.4 Å². The molecule has 0 radical (unpaired) electrons. The van der Waals surface area contributed by atoms with Crippen LogP contribution < -0.4 is 10.6 Å². The smallest absolute Gasteiger partial charge is 0.241 e. The largest absolute Gasteiger partial charge is 0.336 e. The predicted molar refractivity (Wildman–Crippen MR) is 104 cm³/mol. The Bertz CT molecular complexity index is 627. The van der Waals surface area contributed by atoms with E-state index in [1.165, 1.54) is 25.7 Å². The molecule has 142 valence electrons. The maximum Gasteiger partial charge on any atom is 0.241 e. The number of carbonyl (C=O) groups excluding carboxylic acids is 2. The number of hydrogen-bond acceptors (Lipinski definition) is 3. The zero-order valence-corrected chi connectivity index (χ0v) is 16.1. The molecule has 3 rings (SSSR count). The standard InChI is InChI=1S/C21H31N3O2/c1-14(2)24(15(3)25)13-16-8-10-18(11-9-16)22-21(26)20-12-17-6-4-5-7-19(17)23-20/h8-11,14,17,19-20,23H,4-7,12-13H2,1-3H3,(H,22,26). The lowest BCUT2D eigenvalue weighted by molar-refractivity contribution is -0.131. The normalized spacial score (nSPS) is 25.0. The van der Waals surface area contributed by atoms with E-state index in [2.05, 4.69) is 10.6 Å². The zero-order valence-electron chi connectivity index (χ0n) is 16.1. The Morgan fingerprint density at radius 2 is 1.88 bits per heavy atom. The lowest BCUT2D eigenvalue weighted by Gasteiger charge is -2.25. The molecule has 1 saturated heterocycles. The lowest BCUT2D eigenvalue weighted by Crippen LogP contribution is -2.39. The molecule has 26 heavy (non-hydrogen) atoms. The molecule has 2 fully saturated rings. The van der Waals surface area contributed by atoms with Crippen molar-refractivity contribution in [1.29, 1.82) is 0 Å². The molecule has 3 atom stereocenters. The summed E-state index contributed by atoms with van der Waals surface area (Å²) in [6.45, 7) is 6.22. The fraction of sp³-hybridized carbons (Fsp3) is 0.619. The minimum Gasteiger partial charge on any atom is -0.336 e. The Kier molecular flexibility index (Phi) is 5.97. The van der Waals surface area contributed by atoms with Gasteiger partial charge in [0.25, 0.3) is 0 Å². The van der Waals surface area contributed by atoms with E-state index >= 15 is 0 Å². The van der Waals surface area contributed by atoms with Crippen molar-refractivity contribution >= 4 is 17.5 Å². The Balaban J connectivity index is 1.55. The van der Waals surface area contributed by atoms with E-state index in [0.29, 0.717) is 18.5 Å². The van der Waals surface area contributed by atoms with Crippen molar-refractivity contribution in [1.82, 2.24) is 10.2 Å². The van der Waals surface area contributed by atoms with E-state index in [0.717, 1.165) is 17.7 Å². The van der Waals surface area contributed by atoms with Crippen LogP contribution >= 0.6 is 0 Å². The summed E-state index contributed by atoms with van der Waals surface area (Å²) in [6.07, 6.45) is 5.98. The molecule has 0 bridgehead atoms. The van der Waals surface area contributed by atoms with E-state index in [1.54, 1.807) is 6.92 Å². The van der Waals surface area contributed by atoms with Crippen LogP contribution in [0.4, 0.5) is 5.69 Å². The molecule has 1 heterocycles. The van der Waals surface area contributed by atoms with Crippen LogP contribution in [0.1, 0.15) is 58.4 Å². The van der Waals surface area contributed by atoms with Crippen molar-refractivity contribution in [2.24, 2.45) is 5.92 Å².